The van der Waals surface area contributed by atoms with Crippen LogP contribution in [0.25, 0.3) is 0 Å². The molecule has 9 nitrogen and oxygen atoms in total. The molecule has 0 aliphatic rings. The molecular formula is C26H25N3O6. The van der Waals surface area contributed by atoms with E-state index in [1.807, 2.05) is 6.92 Å². The fraction of sp³-hybridized carbons (Fsp3) is 0.154. The second-order valence-corrected chi connectivity index (χ2v) is 7.14. The molecule has 0 saturated heterocycles. The predicted octanol–water partition coefficient (Wildman–Crippen LogP) is 3.79. The minimum absolute atomic E-state index is 0.234. The monoisotopic (exact) mass is 475 g/mol. The number of benzene rings is 3. The third kappa shape index (κ3) is 6.67. The highest BCUT2D eigenvalue weighted by Gasteiger charge is 2.18. The Bertz CT molecular complexity index is 1240. The second kappa shape index (κ2) is 12.0. The van der Waals surface area contributed by atoms with Crippen molar-refractivity contribution < 1.29 is 28.6 Å². The summed E-state index contributed by atoms with van der Waals surface area (Å²) in [4.78, 5) is 37.1. The normalized spacial score (nSPS) is 10.8. The van der Waals surface area contributed by atoms with Crippen molar-refractivity contribution in [2.24, 2.45) is 5.10 Å². The number of anilines is 1. The summed E-state index contributed by atoms with van der Waals surface area (Å²) in [6.07, 6.45) is 0. The first kappa shape index (κ1) is 25.0. The molecule has 0 heterocycles. The molecule has 2 N–H and O–H groups in total. The van der Waals surface area contributed by atoms with Gasteiger partial charge in [-0.05, 0) is 62.4 Å². The summed E-state index contributed by atoms with van der Waals surface area (Å²) in [5.41, 5.74) is 3.70. The van der Waals surface area contributed by atoms with Crippen LogP contribution >= 0.6 is 0 Å². The molecule has 3 rings (SSSR count). The van der Waals surface area contributed by atoms with Gasteiger partial charge < -0.3 is 19.5 Å². The highest BCUT2D eigenvalue weighted by molar-refractivity contribution is 6.39. The quantitative estimate of drug-likeness (QED) is 0.168. The van der Waals surface area contributed by atoms with Gasteiger partial charge in [0.2, 0.25) is 0 Å². The van der Waals surface area contributed by atoms with E-state index in [1.165, 1.54) is 7.11 Å². The lowest BCUT2D eigenvalue weighted by Gasteiger charge is -2.12. The lowest BCUT2D eigenvalue weighted by Crippen LogP contribution is -2.33. The van der Waals surface area contributed by atoms with Crippen LogP contribution in [0.3, 0.4) is 0 Å². The number of hydrogen-bond donors (Lipinski definition) is 2. The Labute approximate surface area is 202 Å². The number of rotatable bonds is 8. The van der Waals surface area contributed by atoms with Gasteiger partial charge in [-0.3, -0.25) is 9.59 Å². The molecule has 0 atom stereocenters. The van der Waals surface area contributed by atoms with E-state index >= 15 is 0 Å². The van der Waals surface area contributed by atoms with Crippen LogP contribution in [0.5, 0.6) is 17.2 Å². The van der Waals surface area contributed by atoms with E-state index in [9.17, 15) is 14.4 Å². The van der Waals surface area contributed by atoms with E-state index in [0.29, 0.717) is 35.1 Å². The fourth-order valence-corrected chi connectivity index (χ4v) is 3.06. The van der Waals surface area contributed by atoms with Crippen molar-refractivity contribution in [3.8, 4) is 17.2 Å². The highest BCUT2D eigenvalue weighted by atomic mass is 16.5. The average Bonchev–Trinajstić information content (AvgIpc) is 2.88. The van der Waals surface area contributed by atoms with E-state index in [1.54, 1.807) is 79.7 Å². The van der Waals surface area contributed by atoms with Gasteiger partial charge in [0.25, 0.3) is 0 Å². The lowest BCUT2D eigenvalue weighted by molar-refractivity contribution is -0.136. The number of hydrazone groups is 1. The molecule has 3 aromatic rings. The van der Waals surface area contributed by atoms with Crippen molar-refractivity contribution in [1.29, 1.82) is 0 Å². The van der Waals surface area contributed by atoms with Gasteiger partial charge in [-0.2, -0.15) is 5.10 Å². The minimum Gasteiger partial charge on any atom is -0.496 e. The maximum absolute atomic E-state index is 12.7. The van der Waals surface area contributed by atoms with Crippen LogP contribution in [0.15, 0.2) is 77.9 Å². The summed E-state index contributed by atoms with van der Waals surface area (Å²) in [6, 6.07) is 20.0. The zero-order valence-electron chi connectivity index (χ0n) is 19.5. The number of nitrogens with zero attached hydrogens (tertiary/aromatic N) is 1. The molecule has 0 aliphatic carbocycles. The number of carbonyl (C=O) groups excluding carboxylic acids is 3. The lowest BCUT2D eigenvalue weighted by atomic mass is 10.1. The molecule has 0 spiro atoms. The van der Waals surface area contributed by atoms with Crippen molar-refractivity contribution in [3.63, 3.8) is 0 Å². The number of amides is 2. The second-order valence-electron chi connectivity index (χ2n) is 7.14. The third-order valence-electron chi connectivity index (χ3n) is 4.76. The first-order chi connectivity index (χ1) is 16.9. The van der Waals surface area contributed by atoms with Crippen LogP contribution < -0.4 is 25.0 Å². The maximum Gasteiger partial charge on any atom is 0.347 e. The van der Waals surface area contributed by atoms with Crippen molar-refractivity contribution in [2.75, 3.05) is 19.0 Å². The Hall–Kier alpha value is -4.66. The highest BCUT2D eigenvalue weighted by Crippen LogP contribution is 2.23. The number of para-hydroxylation sites is 2. The van der Waals surface area contributed by atoms with E-state index in [2.05, 4.69) is 15.8 Å². The predicted molar refractivity (Wildman–Crippen MR) is 131 cm³/mol. The molecule has 3 aromatic carbocycles. The molecule has 0 aromatic heterocycles. The first-order valence-corrected chi connectivity index (χ1v) is 10.8. The molecule has 0 fully saturated rings. The van der Waals surface area contributed by atoms with Crippen LogP contribution in [0, 0.1) is 0 Å². The molecule has 2 amide bonds. The minimum atomic E-state index is -0.957. The summed E-state index contributed by atoms with van der Waals surface area (Å²) >= 11 is 0. The SMILES string of the molecule is CCOc1ccc(NC(=O)C(=O)NN=C(C)c2ccccc2OC(=O)c2ccccc2OC)cc1. The van der Waals surface area contributed by atoms with Gasteiger partial charge in [0, 0.05) is 11.3 Å². The standard InChI is InChI=1S/C26H25N3O6/c1-4-34-19-15-13-18(14-16-19)27-24(30)25(31)29-28-17(2)20-9-5-8-12-23(20)35-26(32)21-10-6-7-11-22(21)33-3/h5-16H,4H2,1-3H3,(H,27,30)(H,29,31). The van der Waals surface area contributed by atoms with Crippen molar-refractivity contribution in [1.82, 2.24) is 5.43 Å². The molecule has 0 aliphatic heterocycles. The van der Waals surface area contributed by atoms with Gasteiger partial charge in [-0.25, -0.2) is 10.2 Å². The van der Waals surface area contributed by atoms with Gasteiger partial charge >= 0.3 is 17.8 Å². The Morgan fingerprint density at radius 1 is 0.829 bits per heavy atom. The zero-order chi connectivity index (χ0) is 25.2. The van der Waals surface area contributed by atoms with Gasteiger partial charge in [0.05, 0.1) is 19.4 Å². The van der Waals surface area contributed by atoms with Crippen molar-refractivity contribution >= 4 is 29.2 Å². The largest absolute Gasteiger partial charge is 0.496 e. The number of nitrogens with one attached hydrogen (secondary N) is 2. The number of hydrogen-bond acceptors (Lipinski definition) is 7. The van der Waals surface area contributed by atoms with Crippen LogP contribution in [0.1, 0.15) is 29.8 Å². The van der Waals surface area contributed by atoms with Crippen LogP contribution in [-0.4, -0.2) is 37.2 Å². The molecule has 0 radical (unpaired) electrons. The van der Waals surface area contributed by atoms with E-state index in [-0.39, 0.29) is 11.3 Å². The summed E-state index contributed by atoms with van der Waals surface area (Å²) in [5, 5.41) is 6.47. The number of carbonyl (C=O) groups is 3. The summed E-state index contributed by atoms with van der Waals surface area (Å²) in [7, 11) is 1.46. The number of esters is 1. The Morgan fingerprint density at radius 3 is 2.11 bits per heavy atom. The van der Waals surface area contributed by atoms with Crippen molar-refractivity contribution in [2.45, 2.75) is 13.8 Å². The fourth-order valence-electron chi connectivity index (χ4n) is 3.06. The third-order valence-corrected chi connectivity index (χ3v) is 4.76. The summed E-state index contributed by atoms with van der Waals surface area (Å²) in [6.45, 7) is 4.00. The van der Waals surface area contributed by atoms with E-state index in [4.69, 9.17) is 14.2 Å². The number of ether oxygens (including phenoxy) is 3. The summed E-state index contributed by atoms with van der Waals surface area (Å²) < 4.78 is 16.1. The Kier molecular flexibility index (Phi) is 8.55. The summed E-state index contributed by atoms with van der Waals surface area (Å²) in [5.74, 6) is -1.19. The molecular weight excluding hydrogens is 450 g/mol. The van der Waals surface area contributed by atoms with Crippen molar-refractivity contribution in [3.05, 3.63) is 83.9 Å². The van der Waals surface area contributed by atoms with Gasteiger partial charge in [0.1, 0.15) is 22.8 Å². The zero-order valence-corrected chi connectivity index (χ0v) is 19.5. The molecule has 0 unspecified atom stereocenters. The molecule has 35 heavy (non-hydrogen) atoms. The molecule has 180 valence electrons. The smallest absolute Gasteiger partial charge is 0.347 e. The number of methoxy groups -OCH3 is 1. The molecule has 9 heteroatoms. The Balaban J connectivity index is 1.66. The van der Waals surface area contributed by atoms with Crippen LogP contribution in [0.4, 0.5) is 5.69 Å². The van der Waals surface area contributed by atoms with E-state index < -0.39 is 17.8 Å². The molecule has 0 saturated carbocycles. The van der Waals surface area contributed by atoms with E-state index in [0.717, 1.165) is 0 Å². The van der Waals surface area contributed by atoms with Gasteiger partial charge in [-0.15, -0.1) is 0 Å². The van der Waals surface area contributed by atoms with Gasteiger partial charge in [-0.1, -0.05) is 24.3 Å². The Morgan fingerprint density at radius 2 is 1.46 bits per heavy atom. The van der Waals surface area contributed by atoms with Crippen LogP contribution in [0.2, 0.25) is 0 Å². The van der Waals surface area contributed by atoms with Gasteiger partial charge in [0.15, 0.2) is 0 Å². The topological polar surface area (TPSA) is 115 Å². The first-order valence-electron chi connectivity index (χ1n) is 10.8. The molecule has 0 bridgehead atoms. The average molecular weight is 476 g/mol. The maximum atomic E-state index is 12.7. The van der Waals surface area contributed by atoms with Crippen LogP contribution in [-0.2, 0) is 9.59 Å².